The number of rotatable bonds is 2. The van der Waals surface area contributed by atoms with Gasteiger partial charge in [-0.05, 0) is 13.3 Å². The lowest BCUT2D eigenvalue weighted by Gasteiger charge is -2.16. The first-order chi connectivity index (χ1) is 6.77. The summed E-state index contributed by atoms with van der Waals surface area (Å²) in [6, 6.07) is 0.286. The maximum atomic E-state index is 5.67. The largest absolute Gasteiger partial charge is 0.381 e. The van der Waals surface area contributed by atoms with Crippen LogP contribution in [0.2, 0.25) is 0 Å². The van der Waals surface area contributed by atoms with Gasteiger partial charge in [0.1, 0.15) is 0 Å². The van der Waals surface area contributed by atoms with Gasteiger partial charge >= 0.3 is 0 Å². The molecule has 2 atom stereocenters. The lowest BCUT2D eigenvalue weighted by atomic mass is 10.1. The van der Waals surface area contributed by atoms with Gasteiger partial charge < -0.3 is 15.8 Å². The van der Waals surface area contributed by atoms with Gasteiger partial charge in [0.15, 0.2) is 11.6 Å². The van der Waals surface area contributed by atoms with E-state index in [0.29, 0.717) is 11.6 Å². The Morgan fingerprint density at radius 1 is 1.50 bits per heavy atom. The van der Waals surface area contributed by atoms with Gasteiger partial charge in [0, 0.05) is 19.0 Å². The molecule has 1 aliphatic heterocycles. The van der Waals surface area contributed by atoms with E-state index in [1.54, 1.807) is 12.4 Å². The Morgan fingerprint density at radius 2 is 2.29 bits per heavy atom. The number of nitrogens with one attached hydrogen (secondary N) is 1. The SMILES string of the molecule is CC1OCCC1Nc1nccnc1N. The summed E-state index contributed by atoms with van der Waals surface area (Å²) in [7, 11) is 0. The topological polar surface area (TPSA) is 73.1 Å². The fourth-order valence-electron chi connectivity index (χ4n) is 1.56. The van der Waals surface area contributed by atoms with E-state index >= 15 is 0 Å². The van der Waals surface area contributed by atoms with Gasteiger partial charge in [0.25, 0.3) is 0 Å². The van der Waals surface area contributed by atoms with Crippen LogP contribution in [0.3, 0.4) is 0 Å². The summed E-state index contributed by atoms with van der Waals surface area (Å²) >= 11 is 0. The molecule has 2 rings (SSSR count). The van der Waals surface area contributed by atoms with Gasteiger partial charge in [-0.15, -0.1) is 0 Å². The van der Waals surface area contributed by atoms with E-state index in [1.807, 2.05) is 6.92 Å². The third-order valence-corrected chi connectivity index (χ3v) is 2.42. The minimum Gasteiger partial charge on any atom is -0.381 e. The minimum absolute atomic E-state index is 0.205. The van der Waals surface area contributed by atoms with Crippen LogP contribution in [0, 0.1) is 0 Å². The lowest BCUT2D eigenvalue weighted by molar-refractivity contribution is 0.121. The number of nitrogens with two attached hydrogens (primary N) is 1. The predicted octanol–water partition coefficient (Wildman–Crippen LogP) is 0.648. The molecule has 14 heavy (non-hydrogen) atoms. The molecule has 0 aliphatic carbocycles. The Kier molecular flexibility index (Phi) is 2.49. The van der Waals surface area contributed by atoms with E-state index in [-0.39, 0.29) is 12.1 Å². The molecule has 0 radical (unpaired) electrons. The van der Waals surface area contributed by atoms with Gasteiger partial charge in [-0.1, -0.05) is 0 Å². The molecule has 0 aromatic carbocycles. The second-order valence-corrected chi connectivity index (χ2v) is 3.41. The number of ether oxygens (including phenoxy) is 1. The quantitative estimate of drug-likeness (QED) is 0.723. The van der Waals surface area contributed by atoms with Crippen molar-refractivity contribution >= 4 is 11.6 Å². The highest BCUT2D eigenvalue weighted by atomic mass is 16.5. The van der Waals surface area contributed by atoms with Crippen molar-refractivity contribution in [2.45, 2.75) is 25.5 Å². The van der Waals surface area contributed by atoms with Crippen LogP contribution in [0.5, 0.6) is 0 Å². The van der Waals surface area contributed by atoms with E-state index in [0.717, 1.165) is 13.0 Å². The summed E-state index contributed by atoms with van der Waals surface area (Å²) < 4.78 is 5.43. The van der Waals surface area contributed by atoms with E-state index < -0.39 is 0 Å². The Morgan fingerprint density at radius 3 is 2.93 bits per heavy atom. The van der Waals surface area contributed by atoms with Gasteiger partial charge in [0.05, 0.1) is 12.1 Å². The average Bonchev–Trinajstić information content (AvgIpc) is 2.56. The summed E-state index contributed by atoms with van der Waals surface area (Å²) in [6.07, 6.45) is 4.39. The van der Waals surface area contributed by atoms with E-state index in [1.165, 1.54) is 0 Å². The second kappa shape index (κ2) is 3.79. The van der Waals surface area contributed by atoms with Crippen LogP contribution >= 0.6 is 0 Å². The second-order valence-electron chi connectivity index (χ2n) is 3.41. The zero-order valence-electron chi connectivity index (χ0n) is 8.10. The number of nitrogens with zero attached hydrogens (tertiary/aromatic N) is 2. The maximum Gasteiger partial charge on any atom is 0.169 e. The molecule has 5 heteroatoms. The summed E-state index contributed by atoms with van der Waals surface area (Å²) in [6.45, 7) is 2.83. The van der Waals surface area contributed by atoms with Gasteiger partial charge in [0.2, 0.25) is 0 Å². The van der Waals surface area contributed by atoms with E-state index in [4.69, 9.17) is 10.5 Å². The first kappa shape index (κ1) is 9.21. The van der Waals surface area contributed by atoms with Crippen molar-refractivity contribution in [2.24, 2.45) is 0 Å². The molecule has 1 fully saturated rings. The number of nitrogen functional groups attached to an aromatic ring is 1. The molecule has 1 aromatic heterocycles. The van der Waals surface area contributed by atoms with Gasteiger partial charge in [-0.3, -0.25) is 0 Å². The van der Waals surface area contributed by atoms with Crippen LogP contribution < -0.4 is 11.1 Å². The van der Waals surface area contributed by atoms with Crippen molar-refractivity contribution in [3.8, 4) is 0 Å². The van der Waals surface area contributed by atoms with Crippen LogP contribution in [0.4, 0.5) is 11.6 Å². The molecule has 76 valence electrons. The first-order valence-corrected chi connectivity index (χ1v) is 4.72. The zero-order chi connectivity index (χ0) is 9.97. The lowest BCUT2D eigenvalue weighted by Crippen LogP contribution is -2.27. The first-order valence-electron chi connectivity index (χ1n) is 4.72. The molecule has 1 aromatic rings. The summed E-state index contributed by atoms with van der Waals surface area (Å²) in [4.78, 5) is 8.08. The van der Waals surface area contributed by atoms with E-state index in [9.17, 15) is 0 Å². The highest BCUT2D eigenvalue weighted by molar-refractivity contribution is 5.55. The number of anilines is 2. The molecule has 5 nitrogen and oxygen atoms in total. The van der Waals surface area contributed by atoms with Crippen molar-refractivity contribution < 1.29 is 4.74 Å². The zero-order valence-corrected chi connectivity index (χ0v) is 8.10. The van der Waals surface area contributed by atoms with Crippen LogP contribution in [0.1, 0.15) is 13.3 Å². The average molecular weight is 194 g/mol. The Hall–Kier alpha value is -1.36. The van der Waals surface area contributed by atoms with Crippen LogP contribution in [-0.2, 0) is 4.74 Å². The molecule has 2 heterocycles. The fourth-order valence-corrected chi connectivity index (χ4v) is 1.56. The molecule has 1 aliphatic rings. The summed E-state index contributed by atoms with van der Waals surface area (Å²) in [5, 5.41) is 3.24. The molecule has 1 saturated heterocycles. The summed E-state index contributed by atoms with van der Waals surface area (Å²) in [5.74, 6) is 1.08. The highest BCUT2D eigenvalue weighted by Crippen LogP contribution is 2.19. The molecular weight excluding hydrogens is 180 g/mol. The van der Waals surface area contributed by atoms with Crippen LogP contribution in [0.15, 0.2) is 12.4 Å². The van der Waals surface area contributed by atoms with Crippen molar-refractivity contribution in [1.29, 1.82) is 0 Å². The summed E-state index contributed by atoms with van der Waals surface area (Å²) in [5.41, 5.74) is 5.67. The molecule has 3 N–H and O–H groups in total. The van der Waals surface area contributed by atoms with Crippen molar-refractivity contribution in [2.75, 3.05) is 17.7 Å². The van der Waals surface area contributed by atoms with E-state index in [2.05, 4.69) is 15.3 Å². The standard InChI is InChI=1S/C9H14N4O/c1-6-7(2-5-14-6)13-9-8(10)11-3-4-12-9/h3-4,6-7H,2,5H2,1H3,(H2,10,11)(H,12,13). The molecule has 0 amide bonds. The Labute approximate surface area is 82.7 Å². The Bertz CT molecular complexity index is 317. The third-order valence-electron chi connectivity index (χ3n) is 2.42. The number of aromatic nitrogens is 2. The monoisotopic (exact) mass is 194 g/mol. The molecule has 2 unspecified atom stereocenters. The predicted molar refractivity (Wildman–Crippen MR) is 53.9 cm³/mol. The van der Waals surface area contributed by atoms with Gasteiger partial charge in [-0.2, -0.15) is 0 Å². The van der Waals surface area contributed by atoms with Crippen molar-refractivity contribution in [1.82, 2.24) is 9.97 Å². The smallest absolute Gasteiger partial charge is 0.169 e. The fraction of sp³-hybridized carbons (Fsp3) is 0.556. The molecule has 0 spiro atoms. The third kappa shape index (κ3) is 1.77. The van der Waals surface area contributed by atoms with Crippen LogP contribution in [0.25, 0.3) is 0 Å². The normalized spacial score (nSPS) is 26.4. The highest BCUT2D eigenvalue weighted by Gasteiger charge is 2.24. The van der Waals surface area contributed by atoms with Crippen LogP contribution in [-0.4, -0.2) is 28.7 Å². The molecular formula is C9H14N4O. The molecule has 0 saturated carbocycles. The van der Waals surface area contributed by atoms with Crippen molar-refractivity contribution in [3.63, 3.8) is 0 Å². The van der Waals surface area contributed by atoms with Crippen molar-refractivity contribution in [3.05, 3.63) is 12.4 Å². The Balaban J connectivity index is 2.07. The maximum absolute atomic E-state index is 5.67. The molecule has 0 bridgehead atoms. The number of hydrogen-bond donors (Lipinski definition) is 2. The minimum atomic E-state index is 0.205. The van der Waals surface area contributed by atoms with Gasteiger partial charge in [-0.25, -0.2) is 9.97 Å². The number of hydrogen-bond acceptors (Lipinski definition) is 5.